The van der Waals surface area contributed by atoms with Crippen LogP contribution in [-0.4, -0.2) is 23.8 Å². The van der Waals surface area contributed by atoms with Gasteiger partial charge in [-0.3, -0.25) is 14.6 Å². The van der Waals surface area contributed by atoms with Crippen LogP contribution < -0.4 is 5.32 Å². The van der Waals surface area contributed by atoms with Gasteiger partial charge in [0.25, 0.3) is 5.91 Å². The number of hydrogen-bond acceptors (Lipinski definition) is 4. The molecule has 1 aromatic rings. The summed E-state index contributed by atoms with van der Waals surface area (Å²) in [5.74, 6) is -0.565. The Balaban J connectivity index is 2.69. The summed E-state index contributed by atoms with van der Waals surface area (Å²) in [6.07, 6.45) is 2.74. The topological polar surface area (TPSA) is 68.3 Å². The van der Waals surface area contributed by atoms with Crippen molar-refractivity contribution < 1.29 is 14.3 Å². The van der Waals surface area contributed by atoms with Gasteiger partial charge in [-0.1, -0.05) is 6.07 Å². The summed E-state index contributed by atoms with van der Waals surface area (Å²) in [5.41, 5.74) is 0.276. The molecular formula is C11H12N2O3. The third-order valence-corrected chi connectivity index (χ3v) is 1.80. The minimum Gasteiger partial charge on any atom is -0.492 e. The third kappa shape index (κ3) is 3.20. The summed E-state index contributed by atoms with van der Waals surface area (Å²) >= 11 is 0. The number of methoxy groups -OCH3 is 1. The lowest BCUT2D eigenvalue weighted by Crippen LogP contribution is -2.20. The number of ether oxygens (including phenoxy) is 1. The number of Topliss-reactive ketones (excluding diaryl/α,β-unsaturated/α-hetero) is 1. The molecular weight excluding hydrogens is 208 g/mol. The standard InChI is InChI=1S/C11H12N2O3/c1-8(14)10(16-2)7-13-11(15)9-5-3-4-6-12-9/h3-7H,1-2H3,(H,13,15)/b10-7+. The highest BCUT2D eigenvalue weighted by Crippen LogP contribution is 1.96. The average Bonchev–Trinajstić information content (AvgIpc) is 2.30. The molecule has 1 heterocycles. The summed E-state index contributed by atoms with van der Waals surface area (Å²) in [4.78, 5) is 26.3. The second kappa shape index (κ2) is 5.65. The first-order valence-electron chi connectivity index (χ1n) is 4.62. The van der Waals surface area contributed by atoms with Gasteiger partial charge in [0.05, 0.1) is 13.3 Å². The number of carbonyl (C=O) groups is 2. The number of rotatable bonds is 4. The third-order valence-electron chi connectivity index (χ3n) is 1.80. The number of allylic oxidation sites excluding steroid dienone is 1. The minimum absolute atomic E-state index is 0.0873. The summed E-state index contributed by atoms with van der Waals surface area (Å²) < 4.78 is 4.77. The molecule has 0 aliphatic heterocycles. The Kier molecular flexibility index (Phi) is 4.20. The highest BCUT2D eigenvalue weighted by atomic mass is 16.5. The predicted molar refractivity (Wildman–Crippen MR) is 57.5 cm³/mol. The fourth-order valence-corrected chi connectivity index (χ4v) is 1.01. The van der Waals surface area contributed by atoms with Crippen LogP contribution in [0.3, 0.4) is 0 Å². The van der Waals surface area contributed by atoms with E-state index in [4.69, 9.17) is 4.74 Å². The molecule has 1 amide bonds. The van der Waals surface area contributed by atoms with E-state index in [0.29, 0.717) is 0 Å². The van der Waals surface area contributed by atoms with Crippen molar-refractivity contribution in [3.8, 4) is 0 Å². The monoisotopic (exact) mass is 220 g/mol. The van der Waals surface area contributed by atoms with Crippen LogP contribution in [0.2, 0.25) is 0 Å². The molecule has 0 unspecified atom stereocenters. The maximum absolute atomic E-state index is 11.5. The minimum atomic E-state index is -0.392. The van der Waals surface area contributed by atoms with E-state index in [9.17, 15) is 9.59 Å². The van der Waals surface area contributed by atoms with Gasteiger partial charge in [0.15, 0.2) is 11.5 Å². The average molecular weight is 220 g/mol. The molecule has 16 heavy (non-hydrogen) atoms. The predicted octanol–water partition coefficient (Wildman–Crippen LogP) is 0.888. The van der Waals surface area contributed by atoms with Gasteiger partial charge in [0, 0.05) is 13.1 Å². The number of ketones is 1. The van der Waals surface area contributed by atoms with Gasteiger partial charge >= 0.3 is 0 Å². The Hall–Kier alpha value is -2.17. The second-order valence-corrected chi connectivity index (χ2v) is 2.96. The number of amides is 1. The van der Waals surface area contributed by atoms with E-state index in [2.05, 4.69) is 10.3 Å². The quantitative estimate of drug-likeness (QED) is 0.604. The first-order chi connectivity index (χ1) is 7.65. The zero-order chi connectivity index (χ0) is 12.0. The van der Waals surface area contributed by atoms with Crippen LogP contribution in [0.25, 0.3) is 0 Å². The molecule has 5 heteroatoms. The van der Waals surface area contributed by atoms with Crippen LogP contribution in [0.5, 0.6) is 0 Å². The van der Waals surface area contributed by atoms with Gasteiger partial charge in [0.1, 0.15) is 5.69 Å². The molecule has 0 atom stereocenters. The molecule has 5 nitrogen and oxygen atoms in total. The van der Waals surface area contributed by atoms with E-state index >= 15 is 0 Å². The first kappa shape index (κ1) is 11.9. The molecule has 0 radical (unpaired) electrons. The van der Waals surface area contributed by atoms with Crippen molar-refractivity contribution in [3.63, 3.8) is 0 Å². The van der Waals surface area contributed by atoms with Crippen molar-refractivity contribution in [1.29, 1.82) is 0 Å². The van der Waals surface area contributed by atoms with Crippen molar-refractivity contribution in [2.45, 2.75) is 6.92 Å². The molecule has 0 saturated heterocycles. The Morgan fingerprint density at radius 3 is 2.69 bits per heavy atom. The van der Waals surface area contributed by atoms with Gasteiger partial charge in [-0.25, -0.2) is 0 Å². The molecule has 84 valence electrons. The molecule has 1 aromatic heterocycles. The number of nitrogens with zero attached hydrogens (tertiary/aromatic N) is 1. The zero-order valence-corrected chi connectivity index (χ0v) is 9.06. The lowest BCUT2D eigenvalue weighted by Gasteiger charge is -2.02. The molecule has 0 spiro atoms. The maximum atomic E-state index is 11.5. The smallest absolute Gasteiger partial charge is 0.273 e. The lowest BCUT2D eigenvalue weighted by atomic mass is 10.3. The molecule has 0 aliphatic rings. The second-order valence-electron chi connectivity index (χ2n) is 2.96. The number of aromatic nitrogens is 1. The largest absolute Gasteiger partial charge is 0.492 e. The van der Waals surface area contributed by atoms with E-state index in [1.54, 1.807) is 18.2 Å². The highest BCUT2D eigenvalue weighted by Gasteiger charge is 2.06. The highest BCUT2D eigenvalue weighted by molar-refractivity contribution is 5.95. The Morgan fingerprint density at radius 1 is 1.44 bits per heavy atom. The summed E-state index contributed by atoms with van der Waals surface area (Å²) in [7, 11) is 1.36. The van der Waals surface area contributed by atoms with Crippen molar-refractivity contribution in [2.24, 2.45) is 0 Å². The van der Waals surface area contributed by atoms with Gasteiger partial charge in [-0.2, -0.15) is 0 Å². The SMILES string of the molecule is CO/C(=C/NC(=O)c1ccccn1)C(C)=O. The number of pyridine rings is 1. The van der Waals surface area contributed by atoms with Crippen LogP contribution in [0.1, 0.15) is 17.4 Å². The number of nitrogens with one attached hydrogen (secondary N) is 1. The van der Waals surface area contributed by atoms with Gasteiger partial charge < -0.3 is 10.1 Å². The number of carbonyl (C=O) groups excluding carboxylic acids is 2. The van der Waals surface area contributed by atoms with E-state index in [1.807, 2.05) is 0 Å². The molecule has 0 bridgehead atoms. The van der Waals surface area contributed by atoms with Gasteiger partial charge in [-0.05, 0) is 12.1 Å². The van der Waals surface area contributed by atoms with Crippen LogP contribution in [0, 0.1) is 0 Å². The summed E-state index contributed by atoms with van der Waals surface area (Å²) in [5, 5.41) is 2.42. The molecule has 1 N–H and O–H groups in total. The molecule has 1 rings (SSSR count). The normalized spacial score (nSPS) is 10.8. The van der Waals surface area contributed by atoms with Crippen LogP contribution in [-0.2, 0) is 9.53 Å². The van der Waals surface area contributed by atoms with Crippen LogP contribution >= 0.6 is 0 Å². The summed E-state index contributed by atoms with van der Waals surface area (Å²) in [6, 6.07) is 4.99. The maximum Gasteiger partial charge on any atom is 0.273 e. The Labute approximate surface area is 93.1 Å². The fourth-order valence-electron chi connectivity index (χ4n) is 1.01. The van der Waals surface area contributed by atoms with Crippen molar-refractivity contribution in [1.82, 2.24) is 10.3 Å². The van der Waals surface area contributed by atoms with E-state index < -0.39 is 5.91 Å². The molecule has 0 aromatic carbocycles. The van der Waals surface area contributed by atoms with Crippen molar-refractivity contribution in [2.75, 3.05) is 7.11 Å². The fraction of sp³-hybridized carbons (Fsp3) is 0.182. The van der Waals surface area contributed by atoms with Crippen LogP contribution in [0.15, 0.2) is 36.4 Å². The molecule has 0 fully saturated rings. The Morgan fingerprint density at radius 2 is 2.19 bits per heavy atom. The van der Waals surface area contributed by atoms with Crippen LogP contribution in [0.4, 0.5) is 0 Å². The van der Waals surface area contributed by atoms with Gasteiger partial charge in [0.2, 0.25) is 0 Å². The van der Waals surface area contributed by atoms with E-state index in [0.717, 1.165) is 0 Å². The van der Waals surface area contributed by atoms with Crippen molar-refractivity contribution >= 4 is 11.7 Å². The molecule has 0 aliphatic carbocycles. The lowest BCUT2D eigenvalue weighted by molar-refractivity contribution is -0.116. The number of hydrogen-bond donors (Lipinski definition) is 1. The first-order valence-corrected chi connectivity index (χ1v) is 4.62. The summed E-state index contributed by atoms with van der Waals surface area (Å²) in [6.45, 7) is 1.35. The van der Waals surface area contributed by atoms with Gasteiger partial charge in [-0.15, -0.1) is 0 Å². The van der Waals surface area contributed by atoms with E-state index in [-0.39, 0.29) is 17.2 Å². The molecule has 0 saturated carbocycles. The van der Waals surface area contributed by atoms with E-state index in [1.165, 1.54) is 26.4 Å². The van der Waals surface area contributed by atoms with Crippen molar-refractivity contribution in [3.05, 3.63) is 42.0 Å². The zero-order valence-electron chi connectivity index (χ0n) is 9.06. The Bertz CT molecular complexity index is 412.